The van der Waals surface area contributed by atoms with Gasteiger partial charge in [-0.25, -0.2) is 4.79 Å². The number of benzene rings is 3. The van der Waals surface area contributed by atoms with Gasteiger partial charge in [0.15, 0.2) is 0 Å². The van der Waals surface area contributed by atoms with Gasteiger partial charge in [-0.3, -0.25) is 10.2 Å². The van der Waals surface area contributed by atoms with Crippen molar-refractivity contribution in [3.8, 4) is 11.1 Å². The zero-order chi connectivity index (χ0) is 25.1. The molecule has 1 aliphatic rings. The lowest BCUT2D eigenvalue weighted by Gasteiger charge is -2.24. The fraction of sp³-hybridized carbons (Fsp3) is 0.250. The minimum absolute atomic E-state index is 0.0130. The van der Waals surface area contributed by atoms with Crippen molar-refractivity contribution in [3.63, 3.8) is 0 Å². The van der Waals surface area contributed by atoms with E-state index in [-0.39, 0.29) is 29.8 Å². The topological polar surface area (TPSA) is 120 Å². The summed E-state index contributed by atoms with van der Waals surface area (Å²) in [5.41, 5.74) is 10.7. The highest BCUT2D eigenvalue weighted by molar-refractivity contribution is 6.04. The molecule has 3 aromatic rings. The minimum Gasteiger partial charge on any atom is -0.478 e. The third-order valence-corrected chi connectivity index (χ3v) is 6.26. The van der Waals surface area contributed by atoms with E-state index in [0.29, 0.717) is 35.3 Å². The second-order valence-electron chi connectivity index (χ2n) is 9.22. The summed E-state index contributed by atoms with van der Waals surface area (Å²) in [6, 6.07) is 18.4. The molecule has 0 radical (unpaired) electrons. The molecule has 0 bridgehead atoms. The van der Waals surface area contributed by atoms with Crippen LogP contribution >= 0.6 is 0 Å². The van der Waals surface area contributed by atoms with Gasteiger partial charge in [0.2, 0.25) is 0 Å². The van der Waals surface area contributed by atoms with E-state index in [1.807, 2.05) is 56.3 Å². The van der Waals surface area contributed by atoms with E-state index < -0.39 is 5.97 Å². The number of carbonyl (C=O) groups excluding carboxylic acids is 1. The van der Waals surface area contributed by atoms with Crippen molar-refractivity contribution in [3.05, 3.63) is 88.5 Å². The van der Waals surface area contributed by atoms with Gasteiger partial charge in [0.1, 0.15) is 5.84 Å². The molecule has 5 N–H and O–H groups in total. The average molecular weight is 471 g/mol. The van der Waals surface area contributed by atoms with Crippen LogP contribution in [0.5, 0.6) is 0 Å². The largest absolute Gasteiger partial charge is 0.478 e. The smallest absolute Gasteiger partial charge is 0.336 e. The van der Waals surface area contributed by atoms with Crippen molar-refractivity contribution in [1.29, 1.82) is 5.41 Å². The molecule has 1 aliphatic heterocycles. The Morgan fingerprint density at radius 2 is 1.86 bits per heavy atom. The van der Waals surface area contributed by atoms with Crippen LogP contribution in [0.25, 0.3) is 11.1 Å². The Morgan fingerprint density at radius 3 is 2.51 bits per heavy atom. The molecule has 1 amide bonds. The van der Waals surface area contributed by atoms with Crippen LogP contribution in [-0.2, 0) is 13.0 Å². The predicted molar refractivity (Wildman–Crippen MR) is 138 cm³/mol. The fourth-order valence-corrected chi connectivity index (χ4v) is 4.51. The molecule has 7 nitrogen and oxygen atoms in total. The third kappa shape index (κ3) is 5.04. The summed E-state index contributed by atoms with van der Waals surface area (Å²) >= 11 is 0. The predicted octanol–water partition coefficient (Wildman–Crippen LogP) is 4.28. The van der Waals surface area contributed by atoms with E-state index >= 15 is 0 Å². The zero-order valence-corrected chi connectivity index (χ0v) is 20.0. The summed E-state index contributed by atoms with van der Waals surface area (Å²) in [6.45, 7) is 5.48. The second-order valence-corrected chi connectivity index (χ2v) is 9.22. The monoisotopic (exact) mass is 470 g/mol. The lowest BCUT2D eigenvalue weighted by Crippen LogP contribution is -2.30. The summed E-state index contributed by atoms with van der Waals surface area (Å²) in [7, 11) is 0. The van der Waals surface area contributed by atoms with Gasteiger partial charge in [-0.2, -0.15) is 0 Å². The van der Waals surface area contributed by atoms with Gasteiger partial charge in [0.25, 0.3) is 5.91 Å². The van der Waals surface area contributed by atoms with Gasteiger partial charge >= 0.3 is 5.97 Å². The third-order valence-electron chi connectivity index (χ3n) is 6.26. The number of nitrogens with zero attached hydrogens (tertiary/aromatic N) is 1. The number of nitrogen functional groups attached to an aromatic ring is 1. The summed E-state index contributed by atoms with van der Waals surface area (Å²) in [5.74, 6) is -1.06. The first-order valence-electron chi connectivity index (χ1n) is 11.7. The van der Waals surface area contributed by atoms with Crippen LogP contribution in [0.4, 0.5) is 5.69 Å². The summed E-state index contributed by atoms with van der Waals surface area (Å²) in [4.78, 5) is 27.9. The molecule has 0 fully saturated rings. The Kier molecular flexibility index (Phi) is 6.87. The second kappa shape index (κ2) is 10.0. The maximum absolute atomic E-state index is 13.2. The molecule has 1 heterocycles. The van der Waals surface area contributed by atoms with E-state index in [9.17, 15) is 14.7 Å². The van der Waals surface area contributed by atoms with Crippen molar-refractivity contribution < 1.29 is 14.7 Å². The molecule has 180 valence electrons. The molecular weight excluding hydrogens is 440 g/mol. The number of carboxylic acids is 1. The van der Waals surface area contributed by atoms with Gasteiger partial charge in [0.05, 0.1) is 5.56 Å². The number of amides is 1. The fourth-order valence-electron chi connectivity index (χ4n) is 4.51. The summed E-state index contributed by atoms with van der Waals surface area (Å²) in [5, 5.41) is 21.0. The van der Waals surface area contributed by atoms with E-state index in [1.54, 1.807) is 18.2 Å². The Bertz CT molecular complexity index is 1280. The van der Waals surface area contributed by atoms with Crippen molar-refractivity contribution in [1.82, 2.24) is 5.32 Å². The van der Waals surface area contributed by atoms with Crippen molar-refractivity contribution in [2.75, 3.05) is 18.0 Å². The van der Waals surface area contributed by atoms with Gasteiger partial charge in [-0.15, -0.1) is 0 Å². The van der Waals surface area contributed by atoms with E-state index in [0.717, 1.165) is 23.2 Å². The zero-order valence-electron chi connectivity index (χ0n) is 20.0. The summed E-state index contributed by atoms with van der Waals surface area (Å²) in [6.07, 6.45) is 0.756. The molecule has 0 aliphatic carbocycles. The van der Waals surface area contributed by atoms with Gasteiger partial charge in [-0.1, -0.05) is 50.2 Å². The number of rotatable bonds is 8. The maximum Gasteiger partial charge on any atom is 0.336 e. The SMILES string of the molecule is CC(C)CNC(=O)c1ccc(-c2ccccc2)c(C(=O)O)c1CN1CCc2cc(C(=N)N)ccc21. The van der Waals surface area contributed by atoms with Crippen LogP contribution < -0.4 is 16.0 Å². The van der Waals surface area contributed by atoms with Gasteiger partial charge < -0.3 is 21.1 Å². The number of hydrogen-bond acceptors (Lipinski definition) is 4. The molecule has 0 unspecified atom stereocenters. The first kappa shape index (κ1) is 24.0. The molecule has 7 heteroatoms. The number of carbonyl (C=O) groups is 2. The number of nitrogens with one attached hydrogen (secondary N) is 2. The van der Waals surface area contributed by atoms with Crippen molar-refractivity contribution >= 4 is 23.4 Å². The Labute approximate surface area is 205 Å². The molecule has 0 saturated heterocycles. The quantitative estimate of drug-likeness (QED) is 0.289. The first-order valence-corrected chi connectivity index (χ1v) is 11.7. The Morgan fingerprint density at radius 1 is 1.11 bits per heavy atom. The molecule has 4 rings (SSSR count). The van der Waals surface area contributed by atoms with Crippen LogP contribution in [0.3, 0.4) is 0 Å². The lowest BCUT2D eigenvalue weighted by molar-refractivity contribution is 0.0696. The average Bonchev–Trinajstić information content (AvgIpc) is 3.24. The highest BCUT2D eigenvalue weighted by atomic mass is 16.4. The lowest BCUT2D eigenvalue weighted by atomic mass is 9.91. The molecule has 0 saturated carbocycles. The highest BCUT2D eigenvalue weighted by Gasteiger charge is 2.27. The molecule has 0 aromatic heterocycles. The van der Waals surface area contributed by atoms with Crippen LogP contribution in [0.2, 0.25) is 0 Å². The molecule has 35 heavy (non-hydrogen) atoms. The first-order chi connectivity index (χ1) is 16.8. The van der Waals surface area contributed by atoms with E-state index in [2.05, 4.69) is 10.2 Å². The highest BCUT2D eigenvalue weighted by Crippen LogP contribution is 2.34. The Hall–Kier alpha value is -4.13. The van der Waals surface area contributed by atoms with E-state index in [1.165, 1.54) is 0 Å². The summed E-state index contributed by atoms with van der Waals surface area (Å²) < 4.78 is 0. The number of nitrogens with two attached hydrogens (primary N) is 1. The Balaban J connectivity index is 1.81. The number of hydrogen-bond donors (Lipinski definition) is 4. The molecular formula is C28H30N4O3. The number of anilines is 1. The molecule has 3 aromatic carbocycles. The standard InChI is InChI=1S/C28H30N4O3/c1-17(2)15-31-27(33)22-10-9-21(18-6-4-3-5-7-18)25(28(34)35)23(22)16-32-13-12-19-14-20(26(29)30)8-11-24(19)32/h3-11,14,17H,12-13,15-16H2,1-2H3,(H3,29,30)(H,31,33)(H,34,35). The number of aromatic carboxylic acids is 1. The van der Waals surface area contributed by atoms with E-state index in [4.69, 9.17) is 11.1 Å². The van der Waals surface area contributed by atoms with Gasteiger partial charge in [-0.05, 0) is 58.9 Å². The minimum atomic E-state index is -1.07. The van der Waals surface area contributed by atoms with Crippen LogP contribution in [0.15, 0.2) is 60.7 Å². The number of amidine groups is 1. The van der Waals surface area contributed by atoms with Crippen molar-refractivity contribution in [2.24, 2.45) is 11.7 Å². The van der Waals surface area contributed by atoms with Gasteiger partial charge in [0, 0.05) is 36.4 Å². The molecule has 0 atom stereocenters. The normalized spacial score (nSPS) is 12.5. The van der Waals surface area contributed by atoms with Crippen molar-refractivity contribution in [2.45, 2.75) is 26.8 Å². The number of fused-ring (bicyclic) bond motifs is 1. The maximum atomic E-state index is 13.2. The number of carboxylic acid groups (broad SMARTS) is 1. The van der Waals surface area contributed by atoms with Crippen LogP contribution in [0.1, 0.15) is 51.3 Å². The van der Waals surface area contributed by atoms with Crippen LogP contribution in [-0.4, -0.2) is 35.9 Å². The van der Waals surface area contributed by atoms with Crippen LogP contribution in [0, 0.1) is 11.3 Å². The molecule has 0 spiro atoms.